The van der Waals surface area contributed by atoms with Gasteiger partial charge in [0.25, 0.3) is 0 Å². The molecule has 190 valence electrons. The number of imide groups is 1. The SMILES string of the molecule is CC(C)(C)OC(=O)N1N=C(c2ccc(C#N)cc2)I=C1N(C(=O)OC(C)(C)C)C(=O)OC(C)(C)C. The Bertz CT molecular complexity index is 1070. The van der Waals surface area contributed by atoms with E-state index < -0.39 is 55.8 Å². The molecule has 10 nitrogen and oxygen atoms in total. The molecule has 0 N–H and O–H groups in total. The lowest BCUT2D eigenvalue weighted by Gasteiger charge is -2.31. The van der Waals surface area contributed by atoms with E-state index in [4.69, 9.17) is 19.5 Å². The fourth-order valence-electron chi connectivity index (χ4n) is 2.46. The van der Waals surface area contributed by atoms with Crippen LogP contribution in [-0.4, -0.2) is 52.5 Å². The molecule has 1 aliphatic rings. The molecule has 0 aromatic heterocycles. The molecule has 0 fully saturated rings. The van der Waals surface area contributed by atoms with Gasteiger partial charge in [-0.25, -0.2) is 14.4 Å². The normalized spacial score (nSPS) is 14.1. The van der Waals surface area contributed by atoms with Gasteiger partial charge in [0.1, 0.15) is 20.5 Å². The lowest BCUT2D eigenvalue weighted by atomic mass is 10.2. The van der Waals surface area contributed by atoms with Crippen molar-refractivity contribution in [2.24, 2.45) is 5.10 Å². The zero-order valence-electron chi connectivity index (χ0n) is 21.4. The number of ether oxygens (including phenoxy) is 3. The minimum absolute atomic E-state index is 0.0147. The number of nitriles is 1. The first-order valence-electron chi connectivity index (χ1n) is 10.8. The first kappa shape index (κ1) is 28.2. The van der Waals surface area contributed by atoms with Crippen molar-refractivity contribution in [1.29, 1.82) is 5.26 Å². The Morgan fingerprint density at radius 2 is 1.31 bits per heavy atom. The zero-order chi connectivity index (χ0) is 26.8. The largest absolute Gasteiger partial charge is 0.443 e. The molecule has 0 aliphatic carbocycles. The Morgan fingerprint density at radius 3 is 1.71 bits per heavy atom. The first-order chi connectivity index (χ1) is 15.9. The second kappa shape index (κ2) is 10.3. The number of carbonyl (C=O) groups excluding carboxylic acids is 3. The first-order valence-corrected chi connectivity index (χ1v) is 13.0. The van der Waals surface area contributed by atoms with Gasteiger partial charge in [-0.05, 0) is 95.2 Å². The fourth-order valence-corrected chi connectivity index (χ4v) is 5.08. The fraction of sp³-hybridized carbons (Fsp3) is 0.500. The quantitative estimate of drug-likeness (QED) is 0.316. The van der Waals surface area contributed by atoms with Crippen LogP contribution >= 0.6 is 20.7 Å². The lowest BCUT2D eigenvalue weighted by Crippen LogP contribution is -2.52. The minimum atomic E-state index is -1.36. The molecule has 0 spiro atoms. The van der Waals surface area contributed by atoms with E-state index in [9.17, 15) is 14.4 Å². The highest BCUT2D eigenvalue weighted by molar-refractivity contribution is 14.2. The molecule has 1 aromatic carbocycles. The predicted molar refractivity (Wildman–Crippen MR) is 139 cm³/mol. The number of hydrogen-bond donors (Lipinski definition) is 0. The Morgan fingerprint density at radius 1 is 0.857 bits per heavy atom. The van der Waals surface area contributed by atoms with Gasteiger partial charge in [-0.15, -0.1) is 5.01 Å². The van der Waals surface area contributed by atoms with Gasteiger partial charge in [0.05, 0.1) is 11.6 Å². The van der Waals surface area contributed by atoms with Crippen molar-refractivity contribution in [3.8, 4) is 6.07 Å². The highest BCUT2D eigenvalue weighted by Crippen LogP contribution is 2.29. The summed E-state index contributed by atoms with van der Waals surface area (Å²) < 4.78 is 16.9. The lowest BCUT2D eigenvalue weighted by molar-refractivity contribution is 0.0117. The van der Waals surface area contributed by atoms with Gasteiger partial charge in [0.15, 0.2) is 3.76 Å². The summed E-state index contributed by atoms with van der Waals surface area (Å²) in [6, 6.07) is 8.68. The molecule has 3 amide bonds. The van der Waals surface area contributed by atoms with Crippen LogP contribution in [0.4, 0.5) is 14.4 Å². The molecule has 0 saturated heterocycles. The molecule has 0 bridgehead atoms. The van der Waals surface area contributed by atoms with Crippen molar-refractivity contribution in [3.05, 3.63) is 35.4 Å². The van der Waals surface area contributed by atoms with Crippen LogP contribution in [0.1, 0.15) is 73.4 Å². The summed E-state index contributed by atoms with van der Waals surface area (Å²) in [5.74, 6) is 0. The summed E-state index contributed by atoms with van der Waals surface area (Å²) in [5, 5.41) is 14.4. The van der Waals surface area contributed by atoms with E-state index in [1.807, 2.05) is 6.07 Å². The van der Waals surface area contributed by atoms with Gasteiger partial charge in [0, 0.05) is 5.56 Å². The Kier molecular flexibility index (Phi) is 8.32. The monoisotopic (exact) mass is 598 g/mol. The highest BCUT2D eigenvalue weighted by Gasteiger charge is 2.42. The molecule has 0 atom stereocenters. The number of benzene rings is 1. The van der Waals surface area contributed by atoms with E-state index in [0.29, 0.717) is 19.7 Å². The van der Waals surface area contributed by atoms with E-state index in [1.54, 1.807) is 86.6 Å². The van der Waals surface area contributed by atoms with Crippen LogP contribution in [0.2, 0.25) is 0 Å². The van der Waals surface area contributed by atoms with Gasteiger partial charge in [-0.3, -0.25) is 0 Å². The Hall–Kier alpha value is -3.01. The molecule has 1 heterocycles. The average Bonchev–Trinajstić information content (AvgIpc) is 3.09. The molecular formula is C24H31IN4O6. The van der Waals surface area contributed by atoms with Gasteiger partial charge in [-0.1, -0.05) is 12.1 Å². The van der Waals surface area contributed by atoms with Crippen LogP contribution in [0.15, 0.2) is 29.4 Å². The highest BCUT2D eigenvalue weighted by atomic mass is 127. The molecule has 11 heteroatoms. The van der Waals surface area contributed by atoms with Crippen molar-refractivity contribution in [3.63, 3.8) is 0 Å². The maximum atomic E-state index is 13.2. The van der Waals surface area contributed by atoms with E-state index in [-0.39, 0.29) is 3.76 Å². The molecular weight excluding hydrogens is 567 g/mol. The van der Waals surface area contributed by atoms with Gasteiger partial charge in [-0.2, -0.15) is 15.3 Å². The molecule has 35 heavy (non-hydrogen) atoms. The van der Waals surface area contributed by atoms with Crippen LogP contribution in [0.3, 0.4) is 0 Å². The van der Waals surface area contributed by atoms with Crippen molar-refractivity contribution in [1.82, 2.24) is 9.91 Å². The molecule has 0 saturated carbocycles. The topological polar surface area (TPSA) is 122 Å². The second-order valence-electron chi connectivity index (χ2n) is 10.5. The summed E-state index contributed by atoms with van der Waals surface area (Å²) in [7, 11) is 0. The Labute approximate surface area is 215 Å². The van der Waals surface area contributed by atoms with Crippen LogP contribution in [0.5, 0.6) is 0 Å². The van der Waals surface area contributed by atoms with E-state index in [0.717, 1.165) is 5.01 Å². The number of nitrogens with zero attached hydrogens (tertiary/aromatic N) is 4. The van der Waals surface area contributed by atoms with E-state index in [2.05, 4.69) is 5.10 Å². The third-order valence-electron chi connectivity index (χ3n) is 3.69. The number of hydrogen-bond acceptors (Lipinski definition) is 8. The second-order valence-corrected chi connectivity index (χ2v) is 13.1. The minimum Gasteiger partial charge on any atom is -0.443 e. The van der Waals surface area contributed by atoms with Crippen molar-refractivity contribution >= 4 is 46.5 Å². The number of amides is 3. The molecule has 2 rings (SSSR count). The van der Waals surface area contributed by atoms with Gasteiger partial charge in [0.2, 0.25) is 0 Å². The van der Waals surface area contributed by atoms with Crippen LogP contribution in [0.25, 0.3) is 0 Å². The molecule has 1 aromatic rings. The third kappa shape index (κ3) is 8.31. The Balaban J connectivity index is 2.61. The van der Waals surface area contributed by atoms with E-state index >= 15 is 0 Å². The van der Waals surface area contributed by atoms with Crippen LogP contribution in [0, 0.1) is 11.3 Å². The number of carbonyl (C=O) groups is 3. The number of hydrazone groups is 1. The number of halogens is 1. The number of rotatable bonds is 2. The van der Waals surface area contributed by atoms with Crippen molar-refractivity contribution in [2.75, 3.05) is 0 Å². The summed E-state index contributed by atoms with van der Waals surface area (Å²) in [4.78, 5) is 40.2. The van der Waals surface area contributed by atoms with Crippen LogP contribution in [-0.2, 0) is 14.2 Å². The van der Waals surface area contributed by atoms with Gasteiger partial charge < -0.3 is 14.2 Å². The van der Waals surface area contributed by atoms with Gasteiger partial charge >= 0.3 is 18.3 Å². The smallest absolute Gasteiger partial charge is 0.437 e. The molecule has 0 unspecified atom stereocenters. The average molecular weight is 598 g/mol. The molecule has 1 aliphatic heterocycles. The van der Waals surface area contributed by atoms with E-state index in [1.165, 1.54) is 0 Å². The van der Waals surface area contributed by atoms with Crippen LogP contribution < -0.4 is 0 Å². The summed E-state index contributed by atoms with van der Waals surface area (Å²) in [6.45, 7) is 15.1. The zero-order valence-corrected chi connectivity index (χ0v) is 23.6. The summed E-state index contributed by atoms with van der Waals surface area (Å²) in [6.07, 6.45) is -2.84. The molecule has 0 radical (unpaired) electrons. The summed E-state index contributed by atoms with van der Waals surface area (Å²) >= 11 is -1.36. The standard InChI is InChI=1S/C24H31IN4O6/c1-22(2,3)33-19(30)28(20(31)34-23(4,5)6)18-25-17(16-12-10-15(14-26)11-13-16)27-29(18)21(32)35-24(7,8)9/h10-13H,1-9H3. The summed E-state index contributed by atoms with van der Waals surface area (Å²) in [5.41, 5.74) is -1.57. The maximum absolute atomic E-state index is 13.2. The predicted octanol–water partition coefficient (Wildman–Crippen LogP) is 5.70. The third-order valence-corrected chi connectivity index (χ3v) is 6.46. The van der Waals surface area contributed by atoms with Crippen molar-refractivity contribution in [2.45, 2.75) is 79.1 Å². The van der Waals surface area contributed by atoms with Crippen molar-refractivity contribution < 1.29 is 28.6 Å². The maximum Gasteiger partial charge on any atom is 0.437 e.